The number of rotatable bonds is 5. The van der Waals surface area contributed by atoms with E-state index in [1.165, 1.54) is 4.90 Å². The minimum absolute atomic E-state index is 0.130. The number of likely N-dealkylation sites (N-methyl/N-ethyl adjacent to an activating group) is 1. The number of anilines is 1. The molecule has 1 aromatic heterocycles. The van der Waals surface area contributed by atoms with Crippen LogP contribution in [0, 0.1) is 20.8 Å². The summed E-state index contributed by atoms with van der Waals surface area (Å²) in [6.45, 7) is 5.76. The van der Waals surface area contributed by atoms with E-state index < -0.39 is 0 Å². The van der Waals surface area contributed by atoms with Gasteiger partial charge in [0.1, 0.15) is 0 Å². The summed E-state index contributed by atoms with van der Waals surface area (Å²) in [7, 11) is 1.59. The normalized spacial score (nSPS) is 10.7. The molecule has 2 amide bonds. The molecule has 0 aliphatic carbocycles. The van der Waals surface area contributed by atoms with Gasteiger partial charge >= 0.3 is 0 Å². The zero-order valence-corrected chi connectivity index (χ0v) is 18.8. The van der Waals surface area contributed by atoms with Crippen LogP contribution in [0.2, 0.25) is 10.0 Å². The predicted octanol–water partition coefficient (Wildman–Crippen LogP) is 5.42. The minimum Gasteiger partial charge on any atom is -0.332 e. The summed E-state index contributed by atoms with van der Waals surface area (Å²) in [6.07, 6.45) is 0. The topological polar surface area (TPSA) is 54.3 Å². The van der Waals surface area contributed by atoms with Gasteiger partial charge in [-0.25, -0.2) is 0 Å². The first-order chi connectivity index (χ1) is 14.2. The Morgan fingerprint density at radius 3 is 2.27 bits per heavy atom. The van der Waals surface area contributed by atoms with Crippen LogP contribution in [0.15, 0.2) is 48.5 Å². The Morgan fingerprint density at radius 1 is 1.00 bits per heavy atom. The molecule has 0 bridgehead atoms. The van der Waals surface area contributed by atoms with Crippen LogP contribution in [0.1, 0.15) is 27.3 Å². The molecule has 7 heteroatoms. The average molecular weight is 444 g/mol. The Hall–Kier alpha value is -2.76. The number of benzene rings is 2. The summed E-state index contributed by atoms with van der Waals surface area (Å²) < 4.78 is 2.04. The summed E-state index contributed by atoms with van der Waals surface area (Å²) in [5.41, 5.74) is 4.80. The number of para-hydroxylation sites is 1. The summed E-state index contributed by atoms with van der Waals surface area (Å²) in [5, 5.41) is 3.36. The molecule has 0 radical (unpaired) electrons. The molecule has 1 heterocycles. The van der Waals surface area contributed by atoms with Gasteiger partial charge in [-0.2, -0.15) is 0 Å². The van der Waals surface area contributed by atoms with Gasteiger partial charge in [-0.05, 0) is 56.7 Å². The maximum atomic E-state index is 13.0. The smallest absolute Gasteiger partial charge is 0.255 e. The summed E-state index contributed by atoms with van der Waals surface area (Å²) in [4.78, 5) is 26.9. The van der Waals surface area contributed by atoms with E-state index in [9.17, 15) is 9.59 Å². The molecule has 30 heavy (non-hydrogen) atoms. The number of hydrogen-bond donors (Lipinski definition) is 1. The van der Waals surface area contributed by atoms with Crippen molar-refractivity contribution in [3.63, 3.8) is 0 Å². The Bertz CT molecular complexity index is 1100. The minimum atomic E-state index is -0.381. The van der Waals surface area contributed by atoms with E-state index in [-0.39, 0.29) is 18.4 Å². The van der Waals surface area contributed by atoms with Crippen LogP contribution in [0.3, 0.4) is 0 Å². The molecule has 0 unspecified atom stereocenters. The Kier molecular flexibility index (Phi) is 6.54. The van der Waals surface area contributed by atoms with Gasteiger partial charge in [0.15, 0.2) is 0 Å². The van der Waals surface area contributed by atoms with Gasteiger partial charge < -0.3 is 14.8 Å². The molecule has 0 aliphatic heterocycles. The average Bonchev–Trinajstić information content (AvgIpc) is 2.98. The number of carbonyl (C=O) groups is 2. The second kappa shape index (κ2) is 8.94. The maximum absolute atomic E-state index is 13.0. The van der Waals surface area contributed by atoms with E-state index in [0.717, 1.165) is 22.6 Å². The molecule has 0 fully saturated rings. The summed E-state index contributed by atoms with van der Waals surface area (Å²) in [6, 6.07) is 14.9. The van der Waals surface area contributed by atoms with Crippen LogP contribution < -0.4 is 5.32 Å². The van der Waals surface area contributed by atoms with Crippen LogP contribution in [-0.2, 0) is 4.79 Å². The number of carbonyl (C=O) groups excluding carboxylic acids is 2. The highest BCUT2D eigenvalue weighted by atomic mass is 35.5. The van der Waals surface area contributed by atoms with Gasteiger partial charge in [-0.3, -0.25) is 9.59 Å². The Balaban J connectivity index is 1.78. The van der Waals surface area contributed by atoms with Crippen molar-refractivity contribution in [2.45, 2.75) is 20.8 Å². The fourth-order valence-corrected chi connectivity index (χ4v) is 3.92. The van der Waals surface area contributed by atoms with Crippen molar-refractivity contribution in [1.29, 1.82) is 0 Å². The van der Waals surface area contributed by atoms with E-state index in [1.54, 1.807) is 25.2 Å². The van der Waals surface area contributed by atoms with E-state index in [1.807, 2.05) is 49.6 Å². The molecule has 3 rings (SSSR count). The van der Waals surface area contributed by atoms with Crippen LogP contribution in [0.5, 0.6) is 0 Å². The molecule has 5 nitrogen and oxygen atoms in total. The lowest BCUT2D eigenvalue weighted by Crippen LogP contribution is -2.35. The van der Waals surface area contributed by atoms with Crippen molar-refractivity contribution in [2.75, 3.05) is 18.9 Å². The lowest BCUT2D eigenvalue weighted by Gasteiger charge is -2.18. The third-order valence-corrected chi connectivity index (χ3v) is 5.51. The van der Waals surface area contributed by atoms with E-state index in [2.05, 4.69) is 11.4 Å². The maximum Gasteiger partial charge on any atom is 0.255 e. The SMILES string of the molecule is Cc1cccc(-n2c(C)cc(C(=O)N(C)CC(=O)Nc3c(Cl)cccc3Cl)c2C)c1. The Labute approximate surface area is 186 Å². The van der Waals surface area contributed by atoms with Gasteiger partial charge in [0.05, 0.1) is 27.8 Å². The molecule has 1 N–H and O–H groups in total. The fourth-order valence-electron chi connectivity index (χ4n) is 3.43. The molecule has 0 saturated carbocycles. The van der Waals surface area contributed by atoms with Crippen molar-refractivity contribution < 1.29 is 9.59 Å². The predicted molar refractivity (Wildman–Crippen MR) is 122 cm³/mol. The van der Waals surface area contributed by atoms with E-state index in [4.69, 9.17) is 23.2 Å². The molecular weight excluding hydrogens is 421 g/mol. The van der Waals surface area contributed by atoms with Crippen LogP contribution in [-0.4, -0.2) is 34.9 Å². The standard InChI is InChI=1S/C23H23Cl2N3O2/c1-14-7-5-8-17(11-14)28-15(2)12-18(16(28)3)23(30)27(4)13-21(29)26-22-19(24)9-6-10-20(22)25/h5-12H,13H2,1-4H3,(H,26,29). The number of amides is 2. The number of halogens is 2. The summed E-state index contributed by atoms with van der Waals surface area (Å²) >= 11 is 12.2. The van der Waals surface area contributed by atoms with Crippen LogP contribution in [0.4, 0.5) is 5.69 Å². The van der Waals surface area contributed by atoms with Gasteiger partial charge in [0.25, 0.3) is 5.91 Å². The molecular formula is C23H23Cl2N3O2. The van der Waals surface area contributed by atoms with Crippen molar-refractivity contribution in [3.8, 4) is 5.69 Å². The highest BCUT2D eigenvalue weighted by Crippen LogP contribution is 2.29. The molecule has 0 atom stereocenters. The zero-order valence-electron chi connectivity index (χ0n) is 17.3. The quantitative estimate of drug-likeness (QED) is 0.572. The van der Waals surface area contributed by atoms with Crippen LogP contribution in [0.25, 0.3) is 5.69 Å². The lowest BCUT2D eigenvalue weighted by atomic mass is 10.2. The molecule has 3 aromatic rings. The van der Waals surface area contributed by atoms with Crippen LogP contribution >= 0.6 is 23.2 Å². The molecule has 0 aliphatic rings. The number of nitrogens with one attached hydrogen (secondary N) is 1. The first-order valence-electron chi connectivity index (χ1n) is 9.44. The second-order valence-corrected chi connectivity index (χ2v) is 8.08. The number of nitrogens with zero attached hydrogens (tertiary/aromatic N) is 2. The van der Waals surface area contributed by atoms with Crippen molar-refractivity contribution in [2.24, 2.45) is 0 Å². The second-order valence-electron chi connectivity index (χ2n) is 7.27. The molecule has 2 aromatic carbocycles. The third-order valence-electron chi connectivity index (χ3n) is 4.88. The fraction of sp³-hybridized carbons (Fsp3) is 0.217. The first kappa shape index (κ1) is 21.9. The Morgan fingerprint density at radius 2 is 1.63 bits per heavy atom. The highest BCUT2D eigenvalue weighted by molar-refractivity contribution is 6.39. The van der Waals surface area contributed by atoms with Gasteiger partial charge in [-0.15, -0.1) is 0 Å². The number of aromatic nitrogens is 1. The van der Waals surface area contributed by atoms with Gasteiger partial charge in [0, 0.05) is 24.1 Å². The number of hydrogen-bond acceptors (Lipinski definition) is 2. The molecule has 0 spiro atoms. The van der Waals surface area contributed by atoms with Crippen molar-refractivity contribution in [3.05, 3.63) is 81.1 Å². The van der Waals surface area contributed by atoms with E-state index >= 15 is 0 Å². The largest absolute Gasteiger partial charge is 0.332 e. The van der Waals surface area contributed by atoms with Gasteiger partial charge in [-0.1, -0.05) is 41.4 Å². The zero-order chi connectivity index (χ0) is 22.0. The number of aryl methyl sites for hydroxylation is 2. The van der Waals surface area contributed by atoms with Crippen molar-refractivity contribution >= 4 is 40.7 Å². The monoisotopic (exact) mass is 443 g/mol. The molecule has 156 valence electrons. The van der Waals surface area contributed by atoms with E-state index in [0.29, 0.717) is 21.3 Å². The third kappa shape index (κ3) is 4.53. The lowest BCUT2D eigenvalue weighted by molar-refractivity contribution is -0.116. The van der Waals surface area contributed by atoms with Gasteiger partial charge in [0.2, 0.25) is 5.91 Å². The summed E-state index contributed by atoms with van der Waals surface area (Å²) in [5.74, 6) is -0.615. The highest BCUT2D eigenvalue weighted by Gasteiger charge is 2.22. The van der Waals surface area contributed by atoms with Crippen molar-refractivity contribution in [1.82, 2.24) is 9.47 Å². The molecule has 0 saturated heterocycles. The first-order valence-corrected chi connectivity index (χ1v) is 10.2.